The van der Waals surface area contributed by atoms with Gasteiger partial charge < -0.3 is 15.5 Å². The summed E-state index contributed by atoms with van der Waals surface area (Å²) >= 11 is 3.19. The minimum atomic E-state index is -1.18. The smallest absolute Gasteiger partial charge is 0.337 e. The number of hydrogen-bond acceptors (Lipinski definition) is 4. The number of carboxylic acids is 1. The van der Waals surface area contributed by atoms with E-state index in [1.165, 1.54) is 30.6 Å². The number of carbonyl (C=O) groups excluding carboxylic acids is 1. The topological polar surface area (TPSA) is 99.5 Å². The van der Waals surface area contributed by atoms with Gasteiger partial charge in [0, 0.05) is 10.7 Å². The summed E-state index contributed by atoms with van der Waals surface area (Å²) in [6.45, 7) is 0. The summed E-state index contributed by atoms with van der Waals surface area (Å²) in [5, 5.41) is 21.1. The Labute approximate surface area is 122 Å². The molecule has 0 aliphatic heterocycles. The normalized spacial score (nSPS) is 10.1. The second-order valence-corrected chi connectivity index (χ2v) is 4.76. The van der Waals surface area contributed by atoms with Crippen molar-refractivity contribution in [2.75, 3.05) is 5.32 Å². The number of rotatable bonds is 3. The third-order valence-corrected chi connectivity index (χ3v) is 3.00. The largest absolute Gasteiger partial charge is 0.507 e. The number of phenolic OH excluding ortho intramolecular Hbond substituents is 1. The molecule has 2 rings (SSSR count). The van der Waals surface area contributed by atoms with Gasteiger partial charge in [-0.05, 0) is 24.3 Å². The molecule has 0 aliphatic rings. The number of aromatic carboxylic acids is 1. The van der Waals surface area contributed by atoms with Crippen LogP contribution < -0.4 is 5.32 Å². The number of nitrogens with one attached hydrogen (secondary N) is 1. The Morgan fingerprint density at radius 3 is 2.65 bits per heavy atom. The minimum absolute atomic E-state index is 0.0274. The number of carbonyl (C=O) groups is 2. The minimum Gasteiger partial charge on any atom is -0.507 e. The molecular weight excluding hydrogens is 328 g/mol. The highest BCUT2D eigenvalue weighted by molar-refractivity contribution is 9.10. The number of hydrogen-bond donors (Lipinski definition) is 3. The first-order chi connectivity index (χ1) is 9.49. The fourth-order valence-electron chi connectivity index (χ4n) is 1.56. The van der Waals surface area contributed by atoms with E-state index in [-0.39, 0.29) is 22.6 Å². The summed E-state index contributed by atoms with van der Waals surface area (Å²) < 4.78 is 0.616. The lowest BCUT2D eigenvalue weighted by molar-refractivity contribution is 0.0698. The zero-order valence-electron chi connectivity index (χ0n) is 10.0. The number of pyridine rings is 1. The van der Waals surface area contributed by atoms with Crippen LogP contribution in [0, 0.1) is 0 Å². The van der Waals surface area contributed by atoms with Crippen LogP contribution in [0.15, 0.2) is 41.1 Å². The van der Waals surface area contributed by atoms with Crippen LogP contribution in [0.4, 0.5) is 5.69 Å². The van der Waals surface area contributed by atoms with Gasteiger partial charge in [-0.3, -0.25) is 9.78 Å². The molecule has 102 valence electrons. The van der Waals surface area contributed by atoms with E-state index < -0.39 is 11.9 Å². The van der Waals surface area contributed by atoms with Gasteiger partial charge in [-0.15, -0.1) is 0 Å². The quantitative estimate of drug-likeness (QED) is 0.799. The zero-order valence-corrected chi connectivity index (χ0v) is 11.6. The van der Waals surface area contributed by atoms with Crippen molar-refractivity contribution in [3.8, 4) is 5.75 Å². The molecule has 6 nitrogen and oxygen atoms in total. The highest BCUT2D eigenvalue weighted by Gasteiger charge is 2.16. The fraction of sp³-hybridized carbons (Fsp3) is 0. The lowest BCUT2D eigenvalue weighted by Crippen LogP contribution is -2.15. The van der Waals surface area contributed by atoms with Gasteiger partial charge in [-0.25, -0.2) is 4.79 Å². The molecule has 7 heteroatoms. The molecule has 0 spiro atoms. The number of nitrogens with zero attached hydrogens (tertiary/aromatic N) is 1. The maximum Gasteiger partial charge on any atom is 0.337 e. The molecule has 1 aromatic carbocycles. The first-order valence-electron chi connectivity index (χ1n) is 5.46. The average molecular weight is 337 g/mol. The van der Waals surface area contributed by atoms with Gasteiger partial charge in [0.1, 0.15) is 5.75 Å². The van der Waals surface area contributed by atoms with Crippen LogP contribution in [0.25, 0.3) is 0 Å². The van der Waals surface area contributed by atoms with E-state index in [0.717, 1.165) is 0 Å². The van der Waals surface area contributed by atoms with Crippen LogP contribution in [0.3, 0.4) is 0 Å². The average Bonchev–Trinajstić information content (AvgIpc) is 2.41. The Kier molecular flexibility index (Phi) is 3.99. The predicted octanol–water partition coefficient (Wildman–Crippen LogP) is 2.50. The standard InChI is InChI=1S/C13H9BrN2O4/c14-7-1-2-11(17)9(5-7)12(18)16-10-6-15-4-3-8(10)13(19)20/h1-6,17H,(H,16,18)(H,19,20). The Morgan fingerprint density at radius 1 is 1.20 bits per heavy atom. The van der Waals surface area contributed by atoms with Crippen LogP contribution in [0.1, 0.15) is 20.7 Å². The van der Waals surface area contributed by atoms with Gasteiger partial charge in [0.25, 0.3) is 5.91 Å². The molecule has 2 aromatic rings. The molecule has 1 heterocycles. The molecule has 0 saturated carbocycles. The molecule has 3 N–H and O–H groups in total. The van der Waals surface area contributed by atoms with Crippen LogP contribution in [-0.4, -0.2) is 27.1 Å². The second kappa shape index (κ2) is 5.70. The Morgan fingerprint density at radius 2 is 1.95 bits per heavy atom. The Balaban J connectivity index is 2.33. The van der Waals surface area contributed by atoms with E-state index in [9.17, 15) is 14.7 Å². The van der Waals surface area contributed by atoms with Gasteiger partial charge >= 0.3 is 5.97 Å². The third-order valence-electron chi connectivity index (χ3n) is 2.50. The number of carboxylic acid groups (broad SMARTS) is 1. The Bertz CT molecular complexity index is 688. The van der Waals surface area contributed by atoms with E-state index in [2.05, 4.69) is 26.2 Å². The van der Waals surface area contributed by atoms with E-state index >= 15 is 0 Å². The van der Waals surface area contributed by atoms with Crippen molar-refractivity contribution in [1.82, 2.24) is 4.98 Å². The summed E-state index contributed by atoms with van der Waals surface area (Å²) in [6.07, 6.45) is 2.55. The second-order valence-electron chi connectivity index (χ2n) is 3.84. The van der Waals surface area contributed by atoms with Gasteiger partial charge in [0.15, 0.2) is 0 Å². The van der Waals surface area contributed by atoms with Crippen molar-refractivity contribution in [2.24, 2.45) is 0 Å². The summed E-state index contributed by atoms with van der Waals surface area (Å²) in [6, 6.07) is 5.65. The highest BCUT2D eigenvalue weighted by Crippen LogP contribution is 2.23. The van der Waals surface area contributed by atoms with Crippen molar-refractivity contribution in [3.05, 3.63) is 52.3 Å². The summed E-state index contributed by atoms with van der Waals surface area (Å²) in [4.78, 5) is 26.8. The lowest BCUT2D eigenvalue weighted by Gasteiger charge is -2.09. The molecule has 1 aromatic heterocycles. The van der Waals surface area contributed by atoms with E-state index in [0.29, 0.717) is 4.47 Å². The van der Waals surface area contributed by atoms with Crippen LogP contribution in [0.5, 0.6) is 5.75 Å². The van der Waals surface area contributed by atoms with Crippen molar-refractivity contribution in [1.29, 1.82) is 0 Å². The van der Waals surface area contributed by atoms with E-state index in [1.54, 1.807) is 6.07 Å². The van der Waals surface area contributed by atoms with Crippen molar-refractivity contribution < 1.29 is 19.8 Å². The van der Waals surface area contributed by atoms with Crippen molar-refractivity contribution in [3.63, 3.8) is 0 Å². The summed E-state index contributed by atoms with van der Waals surface area (Å²) in [5.41, 5.74) is 0.00628. The highest BCUT2D eigenvalue weighted by atomic mass is 79.9. The van der Waals surface area contributed by atoms with Crippen molar-refractivity contribution >= 4 is 33.5 Å². The van der Waals surface area contributed by atoms with E-state index in [1.807, 2.05) is 0 Å². The SMILES string of the molecule is O=C(Nc1cnccc1C(=O)O)c1cc(Br)ccc1O. The number of halogens is 1. The number of phenols is 1. The summed E-state index contributed by atoms with van der Waals surface area (Å²) in [5.74, 6) is -2.01. The van der Waals surface area contributed by atoms with Crippen LogP contribution in [0.2, 0.25) is 0 Å². The predicted molar refractivity (Wildman–Crippen MR) is 75.0 cm³/mol. The van der Waals surface area contributed by atoms with Crippen molar-refractivity contribution in [2.45, 2.75) is 0 Å². The number of benzene rings is 1. The van der Waals surface area contributed by atoms with Gasteiger partial charge in [0.05, 0.1) is 23.0 Å². The molecule has 0 atom stereocenters. The first-order valence-corrected chi connectivity index (χ1v) is 6.25. The third kappa shape index (κ3) is 2.94. The maximum absolute atomic E-state index is 12.0. The molecule has 0 unspecified atom stereocenters. The zero-order chi connectivity index (χ0) is 14.7. The number of aromatic nitrogens is 1. The Hall–Kier alpha value is -2.41. The molecule has 0 bridgehead atoms. The molecule has 0 saturated heterocycles. The number of anilines is 1. The molecule has 0 radical (unpaired) electrons. The monoisotopic (exact) mass is 336 g/mol. The van der Waals surface area contributed by atoms with Crippen LogP contribution in [-0.2, 0) is 0 Å². The molecular formula is C13H9BrN2O4. The molecule has 0 fully saturated rings. The summed E-state index contributed by atoms with van der Waals surface area (Å²) in [7, 11) is 0. The number of amides is 1. The lowest BCUT2D eigenvalue weighted by atomic mass is 10.1. The van der Waals surface area contributed by atoms with Crippen LogP contribution >= 0.6 is 15.9 Å². The fourth-order valence-corrected chi connectivity index (χ4v) is 1.92. The maximum atomic E-state index is 12.0. The van der Waals surface area contributed by atoms with Gasteiger partial charge in [-0.1, -0.05) is 15.9 Å². The molecule has 0 aliphatic carbocycles. The van der Waals surface area contributed by atoms with Gasteiger partial charge in [0.2, 0.25) is 0 Å². The molecule has 1 amide bonds. The van der Waals surface area contributed by atoms with Gasteiger partial charge in [-0.2, -0.15) is 0 Å². The first kappa shape index (κ1) is 14.0. The number of aromatic hydroxyl groups is 1. The molecule has 20 heavy (non-hydrogen) atoms. The van der Waals surface area contributed by atoms with E-state index in [4.69, 9.17) is 5.11 Å².